The molecule has 5 aliphatic rings. The molecule has 1 saturated carbocycles. The number of hydrogen-bond donors (Lipinski definition) is 1. The molecule has 1 aliphatic carbocycles. The second-order valence-electron chi connectivity index (χ2n) is 22.3. The summed E-state index contributed by atoms with van der Waals surface area (Å²) in [5.74, 6) is -3.43. The van der Waals surface area contributed by atoms with Gasteiger partial charge in [-0.2, -0.15) is 0 Å². The number of aromatic nitrogens is 1. The van der Waals surface area contributed by atoms with Crippen molar-refractivity contribution < 1.29 is 57.4 Å². The van der Waals surface area contributed by atoms with E-state index >= 15 is 4.79 Å². The number of anilines is 1. The summed E-state index contributed by atoms with van der Waals surface area (Å²) < 4.78 is 51.2. The molecule has 5 heterocycles. The van der Waals surface area contributed by atoms with E-state index in [1.807, 2.05) is 73.8 Å². The van der Waals surface area contributed by atoms with E-state index < -0.39 is 82.6 Å². The molecule has 1 unspecified atom stereocenters. The van der Waals surface area contributed by atoms with Crippen LogP contribution in [-0.4, -0.2) is 170 Å². The SMILES string of the molecule is CC[C@H]1OC(=O)[C@H](C)[C@@H](O)[C@H](C)[C@@H](OC2O[C@H](C)C[C@@H](N3CCOCC3)[C@@H]2N(C)C)[C@](C)(OC)C[C@@H](C)C(=O)[C@H](C)[C@H]2[C@H](SCCN(Cc3c(Cl)cncc3Cl)c3ccc(OC)c(OC4CCCC4)c3)C(=O)O[C@@]21C. The fourth-order valence-electron chi connectivity index (χ4n) is 12.8. The molecule has 1 aromatic carbocycles. The van der Waals surface area contributed by atoms with Gasteiger partial charge in [0.15, 0.2) is 23.4 Å². The van der Waals surface area contributed by atoms with E-state index in [-0.39, 0.29) is 42.9 Å². The van der Waals surface area contributed by atoms with E-state index in [0.717, 1.165) is 50.9 Å². The van der Waals surface area contributed by atoms with Gasteiger partial charge in [-0.25, -0.2) is 0 Å². The van der Waals surface area contributed by atoms with Gasteiger partial charge in [-0.15, -0.1) is 11.8 Å². The summed E-state index contributed by atoms with van der Waals surface area (Å²) in [5, 5.41) is 12.3. The molecule has 1 aromatic heterocycles. The van der Waals surface area contributed by atoms with Gasteiger partial charge in [-0.3, -0.25) is 24.3 Å². The molecule has 7 rings (SSSR count). The highest BCUT2D eigenvalue weighted by Gasteiger charge is 2.62. The number of benzene rings is 1. The zero-order chi connectivity index (χ0) is 54.5. The molecule has 75 heavy (non-hydrogen) atoms. The molecule has 15 atom stereocenters. The van der Waals surface area contributed by atoms with Crippen LogP contribution in [0.2, 0.25) is 10.0 Å². The maximum absolute atomic E-state index is 15.3. The number of fused-ring (bicyclic) bond motifs is 1. The summed E-state index contributed by atoms with van der Waals surface area (Å²) >= 11 is 14.9. The van der Waals surface area contributed by atoms with Crippen molar-refractivity contribution in [3.8, 4) is 11.5 Å². The molecule has 5 fully saturated rings. The molecule has 0 bridgehead atoms. The third-order valence-corrected chi connectivity index (χ3v) is 18.9. The Hall–Kier alpha value is -2.97. The maximum Gasteiger partial charge on any atom is 0.320 e. The lowest BCUT2D eigenvalue weighted by molar-refractivity contribution is -0.291. The molecule has 420 valence electrons. The molecule has 2 aromatic rings. The molecular weight excluding hydrogens is 1020 g/mol. The van der Waals surface area contributed by atoms with Gasteiger partial charge in [-0.1, -0.05) is 50.9 Å². The number of carbonyl (C=O) groups is 3. The molecule has 16 nitrogen and oxygen atoms in total. The topological polar surface area (TPSA) is 168 Å². The van der Waals surface area contributed by atoms with Crippen molar-refractivity contribution in [1.82, 2.24) is 14.8 Å². The molecule has 4 aliphatic heterocycles. The van der Waals surface area contributed by atoms with Gasteiger partial charge in [0.05, 0.1) is 72.3 Å². The Morgan fingerprint density at radius 2 is 1.63 bits per heavy atom. The van der Waals surface area contributed by atoms with Crippen LogP contribution in [0.3, 0.4) is 0 Å². The number of esters is 2. The third-order valence-electron chi connectivity index (χ3n) is 17.0. The van der Waals surface area contributed by atoms with Crippen molar-refractivity contribution in [2.24, 2.45) is 29.6 Å². The van der Waals surface area contributed by atoms with Crippen LogP contribution in [0, 0.1) is 29.6 Å². The van der Waals surface area contributed by atoms with Crippen molar-refractivity contribution in [2.45, 2.75) is 172 Å². The lowest BCUT2D eigenvalue weighted by Crippen LogP contribution is -2.64. The summed E-state index contributed by atoms with van der Waals surface area (Å²) in [7, 11) is 7.25. The highest BCUT2D eigenvalue weighted by Crippen LogP contribution is 2.49. The normalized spacial score (nSPS) is 35.7. The summed E-state index contributed by atoms with van der Waals surface area (Å²) in [6, 6.07) is 5.70. The number of morpholine rings is 1. The zero-order valence-electron chi connectivity index (χ0n) is 46.3. The predicted molar refractivity (Wildman–Crippen MR) is 291 cm³/mol. The van der Waals surface area contributed by atoms with Crippen molar-refractivity contribution in [2.75, 3.05) is 71.8 Å². The number of thioether (sulfide) groups is 1. The first-order chi connectivity index (χ1) is 35.7. The minimum Gasteiger partial charge on any atom is -0.493 e. The van der Waals surface area contributed by atoms with Crippen LogP contribution >= 0.6 is 35.0 Å². The Morgan fingerprint density at radius 1 is 0.947 bits per heavy atom. The number of rotatable bonds is 16. The smallest absolute Gasteiger partial charge is 0.320 e. The number of methoxy groups -OCH3 is 2. The van der Waals surface area contributed by atoms with Gasteiger partial charge in [0, 0.05) is 98.5 Å². The first-order valence-corrected chi connectivity index (χ1v) is 28.9. The van der Waals surface area contributed by atoms with Crippen LogP contribution in [0.1, 0.15) is 106 Å². The summed E-state index contributed by atoms with van der Waals surface area (Å²) in [6.45, 7) is 18.4. The van der Waals surface area contributed by atoms with Crippen LogP contribution in [0.5, 0.6) is 11.5 Å². The van der Waals surface area contributed by atoms with Crippen LogP contribution < -0.4 is 14.4 Å². The number of halogens is 2. The van der Waals surface area contributed by atoms with Crippen LogP contribution in [0.4, 0.5) is 5.69 Å². The monoisotopic (exact) mass is 1110 g/mol. The second kappa shape index (κ2) is 25.9. The number of ketones is 1. The lowest BCUT2D eigenvalue weighted by Gasteiger charge is -2.51. The van der Waals surface area contributed by atoms with Gasteiger partial charge in [-0.05, 0) is 98.9 Å². The minimum absolute atomic E-state index is 0.0838. The third kappa shape index (κ3) is 13.2. The van der Waals surface area contributed by atoms with E-state index in [4.69, 9.17) is 61.1 Å². The molecular formula is C56H84Cl2N4O12S. The second-order valence-corrected chi connectivity index (χ2v) is 24.4. The molecule has 4 saturated heterocycles. The lowest BCUT2D eigenvalue weighted by atomic mass is 9.70. The molecule has 1 N–H and O–H groups in total. The highest BCUT2D eigenvalue weighted by atomic mass is 35.5. The number of aliphatic hydroxyl groups is 1. The van der Waals surface area contributed by atoms with E-state index in [2.05, 4.69) is 19.7 Å². The van der Waals surface area contributed by atoms with Crippen molar-refractivity contribution in [1.29, 1.82) is 0 Å². The predicted octanol–water partition coefficient (Wildman–Crippen LogP) is 8.51. The van der Waals surface area contributed by atoms with E-state index in [0.29, 0.717) is 59.2 Å². The Balaban J connectivity index is 1.20. The van der Waals surface area contributed by atoms with Gasteiger partial charge in [0.1, 0.15) is 17.1 Å². The van der Waals surface area contributed by atoms with Gasteiger partial charge in [0.25, 0.3) is 0 Å². The van der Waals surface area contributed by atoms with Crippen molar-refractivity contribution >= 4 is 58.4 Å². The van der Waals surface area contributed by atoms with E-state index in [1.165, 1.54) is 11.8 Å². The number of cyclic esters (lactones) is 1. The summed E-state index contributed by atoms with van der Waals surface area (Å²) in [6.07, 6.45) is 4.64. The minimum atomic E-state index is -1.40. The number of aliphatic hydroxyl groups excluding tert-OH is 1. The van der Waals surface area contributed by atoms with Crippen LogP contribution in [0.15, 0.2) is 30.6 Å². The summed E-state index contributed by atoms with van der Waals surface area (Å²) in [4.78, 5) is 55.3. The number of nitrogens with zero attached hydrogens (tertiary/aromatic N) is 4. The van der Waals surface area contributed by atoms with E-state index in [1.54, 1.807) is 40.5 Å². The van der Waals surface area contributed by atoms with E-state index in [9.17, 15) is 14.7 Å². The van der Waals surface area contributed by atoms with Gasteiger partial charge < -0.3 is 52.8 Å². The van der Waals surface area contributed by atoms with Gasteiger partial charge in [0.2, 0.25) is 0 Å². The molecule has 0 amide bonds. The Labute approximate surface area is 459 Å². The van der Waals surface area contributed by atoms with Crippen LogP contribution in [-0.2, 0) is 49.3 Å². The van der Waals surface area contributed by atoms with Crippen LogP contribution in [0.25, 0.3) is 0 Å². The summed E-state index contributed by atoms with van der Waals surface area (Å²) in [5.41, 5.74) is -1.07. The number of likely N-dealkylation sites (N-methyl/N-ethyl adjacent to an activating group) is 1. The average Bonchev–Trinajstić information content (AvgIpc) is 4.00. The Bertz CT molecular complexity index is 2240. The number of carbonyl (C=O) groups excluding carboxylic acids is 3. The first-order valence-electron chi connectivity index (χ1n) is 27.1. The fraction of sp³-hybridized carbons (Fsp3) is 0.750. The molecule has 19 heteroatoms. The van der Waals surface area contributed by atoms with Gasteiger partial charge >= 0.3 is 11.9 Å². The Morgan fingerprint density at radius 3 is 2.25 bits per heavy atom. The first kappa shape index (κ1) is 59.7. The standard InChI is InChI=1S/C56H84Cl2N4O12S/c1-13-45-56(8)46(50(53(66)74-56)75-25-22-62(31-39-40(57)29-59-30-41(39)58)37-18-19-43(67-11)44(27-37)71-38-16-14-15-17-38)34(4)48(63)32(2)28-55(7,68-12)51(35(5)49(64)36(6)52(65)72-45)73-54-47(60(9)10)42(26-33(3)70-54)61-20-23-69-24-21-61/h18-19,27,29-30,32-36,38,42,45-47,49-51,54,64H,13-17,20-26,28,31H2,1-12H3/t32-,33-,34-,35+,36-,42-,45-,46+,47+,49+,50+,51-,54?,55-,56-/m1/s1. The maximum atomic E-state index is 15.3. The molecule has 0 radical (unpaired) electrons. The fourth-order valence-corrected chi connectivity index (χ4v) is 14.7. The number of pyridine rings is 1. The number of Topliss-reactive ketones (excluding diaryl/α,β-unsaturated/α-hetero) is 1. The Kier molecular flexibility index (Phi) is 20.6. The average molecular weight is 1110 g/mol. The van der Waals surface area contributed by atoms with Crippen molar-refractivity contribution in [3.05, 3.63) is 46.2 Å². The largest absolute Gasteiger partial charge is 0.493 e. The quantitative estimate of drug-likeness (QED) is 0.159. The number of hydrogen-bond acceptors (Lipinski definition) is 17. The molecule has 0 spiro atoms. The van der Waals surface area contributed by atoms with Crippen molar-refractivity contribution in [3.63, 3.8) is 0 Å². The number of ether oxygens (including phenoxy) is 8. The highest BCUT2D eigenvalue weighted by molar-refractivity contribution is 8.00. The zero-order valence-corrected chi connectivity index (χ0v) is 48.6.